The second-order valence-corrected chi connectivity index (χ2v) is 9.05. The Hall–Kier alpha value is -1.28. The Bertz CT molecular complexity index is 466. The van der Waals surface area contributed by atoms with Gasteiger partial charge in [0.15, 0.2) is 0 Å². The van der Waals surface area contributed by atoms with Gasteiger partial charge in [0, 0.05) is 5.39 Å². The van der Waals surface area contributed by atoms with Crippen LogP contribution in [0.15, 0.2) is 36.4 Å². The van der Waals surface area contributed by atoms with Crippen LogP contribution < -0.4 is 4.43 Å². The predicted octanol–water partition coefficient (Wildman–Crippen LogP) is 3.85. The van der Waals surface area contributed by atoms with Crippen LogP contribution in [0, 0.1) is 6.07 Å². The third kappa shape index (κ3) is 2.39. The molecule has 0 amide bonds. The minimum Gasteiger partial charge on any atom is -0.544 e. The molecular formula is C13H15OSi. The molecule has 0 atom stereocenters. The highest BCUT2D eigenvalue weighted by atomic mass is 28.4. The van der Waals surface area contributed by atoms with Crippen LogP contribution in [0.2, 0.25) is 19.6 Å². The van der Waals surface area contributed by atoms with E-state index in [2.05, 4.69) is 37.8 Å². The van der Waals surface area contributed by atoms with E-state index < -0.39 is 8.32 Å². The second kappa shape index (κ2) is 3.70. The molecule has 0 unspecified atom stereocenters. The molecule has 0 aliphatic rings. The van der Waals surface area contributed by atoms with Crippen LogP contribution in [-0.2, 0) is 0 Å². The molecule has 0 bridgehead atoms. The van der Waals surface area contributed by atoms with E-state index in [9.17, 15) is 0 Å². The monoisotopic (exact) mass is 215 g/mol. The number of benzene rings is 2. The lowest BCUT2D eigenvalue weighted by atomic mass is 10.1. The summed E-state index contributed by atoms with van der Waals surface area (Å²) >= 11 is 0. The molecule has 15 heavy (non-hydrogen) atoms. The second-order valence-electron chi connectivity index (χ2n) is 4.62. The lowest BCUT2D eigenvalue weighted by Gasteiger charge is -2.20. The normalized spacial score (nSPS) is 11.7. The van der Waals surface area contributed by atoms with E-state index in [1.165, 1.54) is 5.39 Å². The highest BCUT2D eigenvalue weighted by Crippen LogP contribution is 2.27. The first kappa shape index (κ1) is 10.2. The zero-order valence-corrected chi connectivity index (χ0v) is 10.4. The Morgan fingerprint density at radius 3 is 2.67 bits per heavy atom. The van der Waals surface area contributed by atoms with E-state index in [-0.39, 0.29) is 0 Å². The van der Waals surface area contributed by atoms with Crippen molar-refractivity contribution in [2.24, 2.45) is 0 Å². The number of rotatable bonds is 2. The van der Waals surface area contributed by atoms with Crippen LogP contribution in [0.25, 0.3) is 10.8 Å². The molecule has 2 aromatic rings. The van der Waals surface area contributed by atoms with E-state index in [1.54, 1.807) is 0 Å². The molecule has 0 saturated heterocycles. The van der Waals surface area contributed by atoms with Crippen LogP contribution in [0.4, 0.5) is 0 Å². The summed E-state index contributed by atoms with van der Waals surface area (Å²) in [4.78, 5) is 0. The van der Waals surface area contributed by atoms with E-state index in [1.807, 2.05) is 24.3 Å². The first-order valence-electron chi connectivity index (χ1n) is 5.14. The lowest BCUT2D eigenvalue weighted by Crippen LogP contribution is -2.29. The van der Waals surface area contributed by atoms with Crippen molar-refractivity contribution in [3.63, 3.8) is 0 Å². The third-order valence-corrected chi connectivity index (χ3v) is 2.94. The first-order chi connectivity index (χ1) is 7.06. The Kier molecular flexibility index (Phi) is 2.53. The molecule has 0 N–H and O–H groups in total. The molecule has 2 rings (SSSR count). The summed E-state index contributed by atoms with van der Waals surface area (Å²) in [7, 11) is -1.53. The highest BCUT2D eigenvalue weighted by molar-refractivity contribution is 6.70. The van der Waals surface area contributed by atoms with Crippen molar-refractivity contribution in [2.45, 2.75) is 19.6 Å². The van der Waals surface area contributed by atoms with Gasteiger partial charge in [0.05, 0.1) is 0 Å². The smallest absolute Gasteiger partial charge is 0.242 e. The largest absolute Gasteiger partial charge is 0.544 e. The van der Waals surface area contributed by atoms with Gasteiger partial charge in [-0.15, -0.1) is 0 Å². The fourth-order valence-corrected chi connectivity index (χ4v) is 2.39. The van der Waals surface area contributed by atoms with Crippen LogP contribution in [-0.4, -0.2) is 8.32 Å². The maximum absolute atomic E-state index is 6.03. The maximum Gasteiger partial charge on any atom is 0.242 e. The van der Waals surface area contributed by atoms with Crippen LogP contribution in [0.3, 0.4) is 0 Å². The Morgan fingerprint density at radius 1 is 1.13 bits per heavy atom. The van der Waals surface area contributed by atoms with Crippen molar-refractivity contribution >= 4 is 19.1 Å². The SMILES string of the molecule is C[Si](C)(C)Oc1cccc2cc[c]cc12. The predicted molar refractivity (Wildman–Crippen MR) is 66.8 cm³/mol. The average Bonchev–Trinajstić information content (AvgIpc) is 2.16. The third-order valence-electron chi connectivity index (χ3n) is 2.10. The zero-order chi connectivity index (χ0) is 10.9. The van der Waals surface area contributed by atoms with Crippen LogP contribution in [0.5, 0.6) is 5.75 Å². The fraction of sp³-hybridized carbons (Fsp3) is 0.231. The first-order valence-corrected chi connectivity index (χ1v) is 8.55. The summed E-state index contributed by atoms with van der Waals surface area (Å²) in [5.74, 6) is 0.989. The summed E-state index contributed by atoms with van der Waals surface area (Å²) < 4.78 is 6.03. The molecule has 2 aromatic carbocycles. The Balaban J connectivity index is 2.52. The van der Waals surface area contributed by atoms with Gasteiger partial charge in [-0.3, -0.25) is 0 Å². The summed E-state index contributed by atoms with van der Waals surface area (Å²) in [6.45, 7) is 6.58. The van der Waals surface area contributed by atoms with Gasteiger partial charge in [0.25, 0.3) is 0 Å². The van der Waals surface area contributed by atoms with Crippen molar-refractivity contribution in [1.29, 1.82) is 0 Å². The van der Waals surface area contributed by atoms with E-state index >= 15 is 0 Å². The molecule has 77 valence electrons. The molecule has 0 aromatic heterocycles. The van der Waals surface area contributed by atoms with Crippen molar-refractivity contribution in [3.05, 3.63) is 42.5 Å². The number of hydrogen-bond acceptors (Lipinski definition) is 1. The van der Waals surface area contributed by atoms with E-state index in [0.29, 0.717) is 0 Å². The van der Waals surface area contributed by atoms with Crippen molar-refractivity contribution in [3.8, 4) is 5.75 Å². The molecule has 0 saturated carbocycles. The molecule has 0 aliphatic heterocycles. The van der Waals surface area contributed by atoms with Crippen molar-refractivity contribution in [2.75, 3.05) is 0 Å². The van der Waals surface area contributed by atoms with Crippen molar-refractivity contribution < 1.29 is 4.43 Å². The maximum atomic E-state index is 6.03. The zero-order valence-electron chi connectivity index (χ0n) is 9.37. The quantitative estimate of drug-likeness (QED) is 0.691. The number of hydrogen-bond donors (Lipinski definition) is 0. The highest BCUT2D eigenvalue weighted by Gasteiger charge is 2.17. The van der Waals surface area contributed by atoms with Gasteiger partial charge in [-0.05, 0) is 43.2 Å². The van der Waals surface area contributed by atoms with Gasteiger partial charge in [-0.1, -0.05) is 24.3 Å². The van der Waals surface area contributed by atoms with Gasteiger partial charge in [-0.2, -0.15) is 0 Å². The lowest BCUT2D eigenvalue weighted by molar-refractivity contribution is 0.564. The Morgan fingerprint density at radius 2 is 1.93 bits per heavy atom. The standard InChI is InChI=1S/C13H15OSi/c1-15(2,3)14-13-10-6-8-11-7-4-5-9-12(11)13/h4,6-10H,1-3H3. The van der Waals surface area contributed by atoms with E-state index in [0.717, 1.165) is 11.1 Å². The molecule has 1 radical (unpaired) electrons. The molecule has 0 heterocycles. The molecule has 2 heteroatoms. The summed E-state index contributed by atoms with van der Waals surface area (Å²) in [5, 5.41) is 2.37. The molecule has 0 aliphatic carbocycles. The van der Waals surface area contributed by atoms with Gasteiger partial charge < -0.3 is 4.43 Å². The van der Waals surface area contributed by atoms with Gasteiger partial charge in [0.1, 0.15) is 5.75 Å². The summed E-state index contributed by atoms with van der Waals surface area (Å²) in [6, 6.07) is 15.3. The van der Waals surface area contributed by atoms with Gasteiger partial charge in [0.2, 0.25) is 8.32 Å². The molecule has 0 fully saturated rings. The minimum atomic E-state index is -1.53. The van der Waals surface area contributed by atoms with Gasteiger partial charge >= 0.3 is 0 Å². The summed E-state index contributed by atoms with van der Waals surface area (Å²) in [5.41, 5.74) is 0. The van der Waals surface area contributed by atoms with Crippen LogP contribution >= 0.6 is 0 Å². The average molecular weight is 215 g/mol. The van der Waals surface area contributed by atoms with Crippen molar-refractivity contribution in [1.82, 2.24) is 0 Å². The molecule has 1 nitrogen and oxygen atoms in total. The topological polar surface area (TPSA) is 9.23 Å². The molecule has 0 spiro atoms. The van der Waals surface area contributed by atoms with Crippen LogP contribution in [0.1, 0.15) is 0 Å². The Labute approximate surface area is 91.8 Å². The van der Waals surface area contributed by atoms with E-state index in [4.69, 9.17) is 4.43 Å². The number of fused-ring (bicyclic) bond motifs is 1. The minimum absolute atomic E-state index is 0.989. The molecular weight excluding hydrogens is 200 g/mol. The fourth-order valence-electron chi connectivity index (χ4n) is 1.55. The van der Waals surface area contributed by atoms with Gasteiger partial charge in [-0.25, -0.2) is 0 Å². The summed E-state index contributed by atoms with van der Waals surface area (Å²) in [6.07, 6.45) is 0.